The second-order valence-electron chi connectivity index (χ2n) is 3.05. The van der Waals surface area contributed by atoms with Crippen molar-refractivity contribution in [2.24, 2.45) is 5.73 Å². The van der Waals surface area contributed by atoms with Gasteiger partial charge < -0.3 is 11.1 Å². The molecule has 0 aromatic rings. The third-order valence-corrected chi connectivity index (χ3v) is 1.93. The molecule has 3 amide bonds. The highest BCUT2D eigenvalue weighted by Gasteiger charge is 2.23. The summed E-state index contributed by atoms with van der Waals surface area (Å²) in [7, 11) is 0. The lowest BCUT2D eigenvalue weighted by Crippen LogP contribution is -2.35. The molecule has 1 aliphatic rings. The average molecular weight is 211 g/mol. The van der Waals surface area contributed by atoms with E-state index in [0.29, 0.717) is 13.1 Å². The van der Waals surface area contributed by atoms with Gasteiger partial charge in [-0.1, -0.05) is 0 Å². The zero-order chi connectivity index (χ0) is 11.3. The van der Waals surface area contributed by atoms with E-state index in [2.05, 4.69) is 5.32 Å². The van der Waals surface area contributed by atoms with Crippen LogP contribution in [0.25, 0.3) is 0 Å². The smallest absolute Gasteiger partial charge is 0.253 e. The molecule has 0 aliphatic carbocycles. The molecule has 0 bridgehead atoms. The van der Waals surface area contributed by atoms with Crippen molar-refractivity contribution in [1.29, 1.82) is 0 Å². The van der Waals surface area contributed by atoms with E-state index in [0.717, 1.165) is 4.90 Å². The summed E-state index contributed by atoms with van der Waals surface area (Å²) in [5, 5.41) is 2.55. The summed E-state index contributed by atoms with van der Waals surface area (Å²) in [4.78, 5) is 34.3. The molecule has 1 heterocycles. The minimum atomic E-state index is -0.369. The van der Waals surface area contributed by atoms with Crippen LogP contribution < -0.4 is 11.1 Å². The average Bonchev–Trinajstić information content (AvgIpc) is 2.53. The van der Waals surface area contributed by atoms with E-state index in [4.69, 9.17) is 5.73 Å². The van der Waals surface area contributed by atoms with Crippen LogP contribution in [-0.4, -0.2) is 42.3 Å². The quantitative estimate of drug-likeness (QED) is 0.534. The first-order valence-electron chi connectivity index (χ1n) is 4.65. The summed E-state index contributed by atoms with van der Waals surface area (Å²) in [5.74, 6) is -0.953. The number of imide groups is 1. The number of nitrogens with two attached hydrogens (primary N) is 1. The van der Waals surface area contributed by atoms with Gasteiger partial charge in [0.1, 0.15) is 0 Å². The zero-order valence-electron chi connectivity index (χ0n) is 8.23. The Labute approximate surface area is 87.1 Å². The Morgan fingerprint density at radius 3 is 2.47 bits per heavy atom. The van der Waals surface area contributed by atoms with E-state index in [-0.39, 0.29) is 30.7 Å². The highest BCUT2D eigenvalue weighted by atomic mass is 16.2. The number of amides is 3. The van der Waals surface area contributed by atoms with E-state index >= 15 is 0 Å². The van der Waals surface area contributed by atoms with Crippen molar-refractivity contribution >= 4 is 17.7 Å². The largest absolute Gasteiger partial charge is 0.355 e. The van der Waals surface area contributed by atoms with Gasteiger partial charge in [0.2, 0.25) is 5.91 Å². The summed E-state index contributed by atoms with van der Waals surface area (Å²) in [6.45, 7) is 0.884. The fraction of sp³-hybridized carbons (Fsp3) is 0.444. The molecule has 0 fully saturated rings. The first-order valence-corrected chi connectivity index (χ1v) is 4.65. The topological polar surface area (TPSA) is 92.5 Å². The lowest BCUT2D eigenvalue weighted by molar-refractivity contribution is -0.137. The summed E-state index contributed by atoms with van der Waals surface area (Å²) in [6, 6.07) is 0. The number of nitrogens with zero attached hydrogens (tertiary/aromatic N) is 1. The molecule has 0 aromatic heterocycles. The maximum atomic E-state index is 11.1. The predicted molar refractivity (Wildman–Crippen MR) is 52.5 cm³/mol. The highest BCUT2D eigenvalue weighted by molar-refractivity contribution is 6.13. The van der Waals surface area contributed by atoms with Gasteiger partial charge in [0.15, 0.2) is 0 Å². The first kappa shape index (κ1) is 11.4. The maximum Gasteiger partial charge on any atom is 0.253 e. The lowest BCUT2D eigenvalue weighted by atomic mass is 10.3. The second kappa shape index (κ2) is 5.26. The fourth-order valence-corrected chi connectivity index (χ4v) is 1.16. The van der Waals surface area contributed by atoms with Crippen LogP contribution in [0.15, 0.2) is 12.2 Å². The number of hydrogen-bond donors (Lipinski definition) is 2. The Balaban J connectivity index is 2.28. The molecule has 0 unspecified atom stereocenters. The Hall–Kier alpha value is -1.69. The van der Waals surface area contributed by atoms with Crippen LogP contribution in [0.2, 0.25) is 0 Å². The molecule has 0 spiro atoms. The van der Waals surface area contributed by atoms with Crippen molar-refractivity contribution in [1.82, 2.24) is 10.2 Å². The van der Waals surface area contributed by atoms with Crippen LogP contribution in [0.4, 0.5) is 0 Å². The summed E-state index contributed by atoms with van der Waals surface area (Å²) in [5.41, 5.74) is 5.20. The van der Waals surface area contributed by atoms with Gasteiger partial charge in [-0.15, -0.1) is 0 Å². The molecule has 0 aromatic carbocycles. The number of rotatable bonds is 5. The summed E-state index contributed by atoms with van der Waals surface area (Å²) < 4.78 is 0. The van der Waals surface area contributed by atoms with Crippen molar-refractivity contribution in [3.05, 3.63) is 12.2 Å². The highest BCUT2D eigenvalue weighted by Crippen LogP contribution is 2.03. The molecule has 0 atom stereocenters. The van der Waals surface area contributed by atoms with E-state index < -0.39 is 0 Å². The minimum absolute atomic E-state index is 0.110. The molecule has 82 valence electrons. The minimum Gasteiger partial charge on any atom is -0.355 e. The number of nitrogens with one attached hydrogen (secondary N) is 1. The van der Waals surface area contributed by atoms with Crippen molar-refractivity contribution in [2.75, 3.05) is 19.6 Å². The van der Waals surface area contributed by atoms with Gasteiger partial charge in [0.05, 0.1) is 0 Å². The molecule has 1 rings (SSSR count). The molecule has 0 radical (unpaired) electrons. The molecular formula is C9H13N3O3. The van der Waals surface area contributed by atoms with Gasteiger partial charge in [-0.3, -0.25) is 19.3 Å². The van der Waals surface area contributed by atoms with Crippen LogP contribution >= 0.6 is 0 Å². The monoisotopic (exact) mass is 211 g/mol. The van der Waals surface area contributed by atoms with Crippen molar-refractivity contribution in [3.63, 3.8) is 0 Å². The van der Waals surface area contributed by atoms with Crippen molar-refractivity contribution < 1.29 is 14.4 Å². The molecule has 6 nitrogen and oxygen atoms in total. The number of hydrogen-bond acceptors (Lipinski definition) is 4. The van der Waals surface area contributed by atoms with E-state index in [1.165, 1.54) is 12.2 Å². The zero-order valence-corrected chi connectivity index (χ0v) is 8.23. The SMILES string of the molecule is NCCNC(=O)CCN1C(=O)C=CC1=O. The number of carbonyl (C=O) groups excluding carboxylic acids is 3. The third kappa shape index (κ3) is 3.17. The Bertz CT molecular complexity index is 294. The number of carbonyl (C=O) groups is 3. The van der Waals surface area contributed by atoms with Gasteiger partial charge in [-0.05, 0) is 0 Å². The molecule has 1 aliphatic heterocycles. The Morgan fingerprint density at radius 1 is 1.33 bits per heavy atom. The molecule has 0 saturated heterocycles. The molecule has 3 N–H and O–H groups in total. The maximum absolute atomic E-state index is 11.1. The van der Waals surface area contributed by atoms with Gasteiger partial charge >= 0.3 is 0 Å². The molecular weight excluding hydrogens is 198 g/mol. The van der Waals surface area contributed by atoms with Crippen LogP contribution in [-0.2, 0) is 14.4 Å². The Kier molecular flexibility index (Phi) is 3.99. The normalized spacial score (nSPS) is 14.9. The van der Waals surface area contributed by atoms with Gasteiger partial charge in [0, 0.05) is 38.2 Å². The summed E-state index contributed by atoms with van der Waals surface area (Å²) >= 11 is 0. The van der Waals surface area contributed by atoms with Crippen molar-refractivity contribution in [2.45, 2.75) is 6.42 Å². The third-order valence-electron chi connectivity index (χ3n) is 1.93. The van der Waals surface area contributed by atoms with Crippen LogP contribution in [0.3, 0.4) is 0 Å². The van der Waals surface area contributed by atoms with Gasteiger partial charge in [0.25, 0.3) is 11.8 Å². The van der Waals surface area contributed by atoms with Gasteiger partial charge in [-0.25, -0.2) is 0 Å². The first-order chi connectivity index (χ1) is 7.15. The predicted octanol–water partition coefficient (Wildman–Crippen LogP) is -1.62. The van der Waals surface area contributed by atoms with Gasteiger partial charge in [-0.2, -0.15) is 0 Å². The summed E-state index contributed by atoms with van der Waals surface area (Å²) in [6.07, 6.45) is 2.50. The van der Waals surface area contributed by atoms with Crippen LogP contribution in [0.1, 0.15) is 6.42 Å². The fourth-order valence-electron chi connectivity index (χ4n) is 1.16. The van der Waals surface area contributed by atoms with E-state index in [1.54, 1.807) is 0 Å². The standard InChI is InChI=1S/C9H13N3O3/c10-4-5-11-7(13)3-6-12-8(14)1-2-9(12)15/h1-2H,3-6,10H2,(H,11,13). The molecule has 0 saturated carbocycles. The Morgan fingerprint density at radius 2 is 1.93 bits per heavy atom. The van der Waals surface area contributed by atoms with Crippen LogP contribution in [0.5, 0.6) is 0 Å². The van der Waals surface area contributed by atoms with Crippen molar-refractivity contribution in [3.8, 4) is 0 Å². The lowest BCUT2D eigenvalue weighted by Gasteiger charge is -2.12. The van der Waals surface area contributed by atoms with E-state index in [9.17, 15) is 14.4 Å². The van der Waals surface area contributed by atoms with Crippen LogP contribution in [0, 0.1) is 0 Å². The second-order valence-corrected chi connectivity index (χ2v) is 3.05. The van der Waals surface area contributed by atoms with E-state index in [1.807, 2.05) is 0 Å². The molecule has 15 heavy (non-hydrogen) atoms. The molecule has 6 heteroatoms.